The minimum atomic E-state index is -0.303. The summed E-state index contributed by atoms with van der Waals surface area (Å²) in [5.41, 5.74) is 0.950. The van der Waals surface area contributed by atoms with Crippen LogP contribution < -0.4 is 5.32 Å². The number of nitrogens with one attached hydrogen (secondary N) is 1. The number of benzene rings is 1. The van der Waals surface area contributed by atoms with E-state index in [9.17, 15) is 4.39 Å². The molecule has 0 radical (unpaired) electrons. The van der Waals surface area contributed by atoms with Gasteiger partial charge in [0.2, 0.25) is 0 Å². The van der Waals surface area contributed by atoms with E-state index in [0.717, 1.165) is 37.2 Å². The van der Waals surface area contributed by atoms with Crippen LogP contribution in [0.2, 0.25) is 5.02 Å². The molecule has 1 heterocycles. The van der Waals surface area contributed by atoms with Gasteiger partial charge >= 0.3 is 0 Å². The van der Waals surface area contributed by atoms with Gasteiger partial charge in [-0.2, -0.15) is 0 Å². The van der Waals surface area contributed by atoms with Gasteiger partial charge in [0.25, 0.3) is 0 Å². The Morgan fingerprint density at radius 3 is 2.86 bits per heavy atom. The lowest BCUT2D eigenvalue weighted by Gasteiger charge is -2.17. The number of aromatic nitrogens is 2. The minimum absolute atomic E-state index is 0.214. The fourth-order valence-electron chi connectivity index (χ4n) is 2.42. The van der Waals surface area contributed by atoms with Crippen molar-refractivity contribution < 1.29 is 4.39 Å². The Labute approximate surface area is 130 Å². The quantitative estimate of drug-likeness (QED) is 0.849. The van der Waals surface area contributed by atoms with Crippen molar-refractivity contribution in [2.75, 3.05) is 7.05 Å². The van der Waals surface area contributed by atoms with Crippen LogP contribution in [0.4, 0.5) is 4.39 Å². The lowest BCUT2D eigenvalue weighted by atomic mass is 10.0. The van der Waals surface area contributed by atoms with Gasteiger partial charge in [0.05, 0.1) is 0 Å². The molecule has 1 aromatic carbocycles. The molecule has 1 unspecified atom stereocenters. The van der Waals surface area contributed by atoms with E-state index in [1.807, 2.05) is 19.4 Å². The van der Waals surface area contributed by atoms with Crippen molar-refractivity contribution in [1.82, 2.24) is 14.9 Å². The maximum absolute atomic E-state index is 13.1. The van der Waals surface area contributed by atoms with Crippen LogP contribution in [0.15, 0.2) is 30.6 Å². The molecule has 0 fully saturated rings. The maximum Gasteiger partial charge on any atom is 0.124 e. The molecular weight excluding hydrogens is 289 g/mol. The van der Waals surface area contributed by atoms with E-state index < -0.39 is 0 Å². The molecule has 0 saturated heterocycles. The molecule has 2 rings (SSSR count). The number of imidazole rings is 1. The minimum Gasteiger partial charge on any atom is -0.335 e. The average Bonchev–Trinajstić information content (AvgIpc) is 2.88. The van der Waals surface area contributed by atoms with Gasteiger partial charge in [-0.25, -0.2) is 9.37 Å². The zero-order chi connectivity index (χ0) is 15.2. The van der Waals surface area contributed by atoms with E-state index in [1.165, 1.54) is 12.1 Å². The first kappa shape index (κ1) is 16.0. The Balaban J connectivity index is 2.07. The summed E-state index contributed by atoms with van der Waals surface area (Å²) in [7, 11) is 1.93. The summed E-state index contributed by atoms with van der Waals surface area (Å²) in [4.78, 5) is 4.43. The van der Waals surface area contributed by atoms with Gasteiger partial charge in [-0.15, -0.1) is 0 Å². The second-order valence-electron chi connectivity index (χ2n) is 5.17. The Kier molecular flexibility index (Phi) is 5.76. The Morgan fingerprint density at radius 2 is 2.19 bits per heavy atom. The van der Waals surface area contributed by atoms with Gasteiger partial charge in [-0.1, -0.05) is 24.6 Å². The van der Waals surface area contributed by atoms with Crippen molar-refractivity contribution in [2.24, 2.45) is 0 Å². The second-order valence-corrected chi connectivity index (χ2v) is 5.57. The van der Waals surface area contributed by atoms with Crippen LogP contribution in [0.5, 0.6) is 0 Å². The molecular formula is C16H21ClFN3. The van der Waals surface area contributed by atoms with Gasteiger partial charge < -0.3 is 9.88 Å². The van der Waals surface area contributed by atoms with Crippen LogP contribution in [-0.2, 0) is 19.4 Å². The molecule has 3 nitrogen and oxygen atoms in total. The predicted molar refractivity (Wildman–Crippen MR) is 84.2 cm³/mol. The summed E-state index contributed by atoms with van der Waals surface area (Å²) in [6, 6.07) is 4.78. The highest BCUT2D eigenvalue weighted by molar-refractivity contribution is 6.31. The highest BCUT2D eigenvalue weighted by Crippen LogP contribution is 2.19. The molecule has 1 N–H and O–H groups in total. The second kappa shape index (κ2) is 7.57. The van der Waals surface area contributed by atoms with Crippen molar-refractivity contribution in [3.63, 3.8) is 0 Å². The first-order chi connectivity index (χ1) is 10.1. The monoisotopic (exact) mass is 309 g/mol. The summed E-state index contributed by atoms with van der Waals surface area (Å²) in [5.74, 6) is 0.762. The van der Waals surface area contributed by atoms with Crippen molar-refractivity contribution in [3.8, 4) is 0 Å². The zero-order valence-electron chi connectivity index (χ0n) is 12.4. The molecule has 5 heteroatoms. The summed E-state index contributed by atoms with van der Waals surface area (Å²) >= 11 is 6.10. The third-order valence-electron chi connectivity index (χ3n) is 3.58. The third kappa shape index (κ3) is 4.29. The number of halogens is 2. The fourth-order valence-corrected chi connectivity index (χ4v) is 2.67. The Hall–Kier alpha value is -1.39. The summed E-state index contributed by atoms with van der Waals surface area (Å²) in [6.07, 6.45) is 6.49. The standard InChI is InChI=1S/C16H21ClFN3/c1-3-7-21-8-6-20-16(21)11-14(19-2)9-12-4-5-13(18)10-15(12)17/h4-6,8,10,14,19H,3,7,9,11H2,1-2H3. The van der Waals surface area contributed by atoms with E-state index in [4.69, 9.17) is 11.6 Å². The predicted octanol–water partition coefficient (Wildman–Crippen LogP) is 3.46. The number of aryl methyl sites for hydroxylation is 1. The lowest BCUT2D eigenvalue weighted by Crippen LogP contribution is -2.31. The average molecular weight is 310 g/mol. The molecule has 1 atom stereocenters. The van der Waals surface area contributed by atoms with E-state index in [1.54, 1.807) is 6.07 Å². The molecule has 0 bridgehead atoms. The number of hydrogen-bond acceptors (Lipinski definition) is 2. The molecule has 2 aromatic rings. The van der Waals surface area contributed by atoms with Crippen molar-refractivity contribution in [2.45, 2.75) is 38.8 Å². The van der Waals surface area contributed by atoms with E-state index in [2.05, 4.69) is 21.8 Å². The maximum atomic E-state index is 13.1. The molecule has 0 saturated carbocycles. The molecule has 0 aliphatic rings. The van der Waals surface area contributed by atoms with Crippen LogP contribution in [0.3, 0.4) is 0 Å². The molecule has 21 heavy (non-hydrogen) atoms. The SMILES string of the molecule is CCCn1ccnc1CC(Cc1ccc(F)cc1Cl)NC. The smallest absolute Gasteiger partial charge is 0.124 e. The van der Waals surface area contributed by atoms with Gasteiger partial charge in [0.1, 0.15) is 11.6 Å². The summed E-state index contributed by atoms with van der Waals surface area (Å²) < 4.78 is 15.3. The number of nitrogens with zero attached hydrogens (tertiary/aromatic N) is 2. The third-order valence-corrected chi connectivity index (χ3v) is 3.94. The molecule has 0 spiro atoms. The topological polar surface area (TPSA) is 29.9 Å². The van der Waals surface area contributed by atoms with Crippen LogP contribution in [0, 0.1) is 5.82 Å². The van der Waals surface area contributed by atoms with Crippen LogP contribution >= 0.6 is 11.6 Å². The highest BCUT2D eigenvalue weighted by atomic mass is 35.5. The van der Waals surface area contributed by atoms with Crippen molar-refractivity contribution in [3.05, 3.63) is 52.8 Å². The normalized spacial score (nSPS) is 12.6. The van der Waals surface area contributed by atoms with E-state index in [0.29, 0.717) is 5.02 Å². The largest absolute Gasteiger partial charge is 0.335 e. The number of likely N-dealkylation sites (N-methyl/N-ethyl adjacent to an activating group) is 1. The number of hydrogen-bond donors (Lipinski definition) is 1. The summed E-state index contributed by atoms with van der Waals surface area (Å²) in [5, 5.41) is 3.77. The van der Waals surface area contributed by atoms with E-state index >= 15 is 0 Å². The van der Waals surface area contributed by atoms with E-state index in [-0.39, 0.29) is 11.9 Å². The Morgan fingerprint density at radius 1 is 1.38 bits per heavy atom. The first-order valence-corrected chi connectivity index (χ1v) is 7.63. The highest BCUT2D eigenvalue weighted by Gasteiger charge is 2.14. The van der Waals surface area contributed by atoms with Crippen molar-refractivity contribution >= 4 is 11.6 Å². The Bertz CT molecular complexity index is 583. The lowest BCUT2D eigenvalue weighted by molar-refractivity contribution is 0.519. The van der Waals surface area contributed by atoms with Gasteiger partial charge in [-0.05, 0) is 37.6 Å². The molecule has 1 aromatic heterocycles. The fraction of sp³-hybridized carbons (Fsp3) is 0.438. The van der Waals surface area contributed by atoms with Crippen molar-refractivity contribution in [1.29, 1.82) is 0 Å². The molecule has 114 valence electrons. The van der Waals surface area contributed by atoms with Gasteiger partial charge in [-0.3, -0.25) is 0 Å². The molecule has 0 amide bonds. The van der Waals surface area contributed by atoms with Crippen LogP contribution in [0.25, 0.3) is 0 Å². The van der Waals surface area contributed by atoms with Crippen LogP contribution in [0.1, 0.15) is 24.7 Å². The van der Waals surface area contributed by atoms with Gasteiger partial charge in [0, 0.05) is 36.4 Å². The zero-order valence-corrected chi connectivity index (χ0v) is 13.2. The number of rotatable bonds is 7. The summed E-state index contributed by atoms with van der Waals surface area (Å²) in [6.45, 7) is 3.13. The molecule has 0 aliphatic carbocycles. The van der Waals surface area contributed by atoms with Crippen LogP contribution in [-0.4, -0.2) is 22.6 Å². The molecule has 0 aliphatic heterocycles. The van der Waals surface area contributed by atoms with Gasteiger partial charge in [0.15, 0.2) is 0 Å². The first-order valence-electron chi connectivity index (χ1n) is 7.25.